The number of rotatable bonds is 7. The number of aliphatic hydroxyl groups excluding tert-OH is 1. The number of carbonyl (C=O) groups is 3. The van der Waals surface area contributed by atoms with E-state index >= 15 is 0 Å². The van der Waals surface area contributed by atoms with Crippen molar-refractivity contribution in [3.63, 3.8) is 0 Å². The normalized spacial score (nSPS) is 18.2. The molecule has 0 aliphatic carbocycles. The van der Waals surface area contributed by atoms with Gasteiger partial charge in [-0.05, 0) is 44.9 Å². The Bertz CT molecular complexity index is 1130. The first-order valence-corrected chi connectivity index (χ1v) is 10.7. The van der Waals surface area contributed by atoms with Crippen LogP contribution in [0, 0.1) is 31.1 Å². The third-order valence-corrected chi connectivity index (χ3v) is 5.72. The predicted octanol–water partition coefficient (Wildman–Crippen LogP) is 3.35. The van der Waals surface area contributed by atoms with Crippen LogP contribution in [0.3, 0.4) is 0 Å². The molecular formula is C26H26N2O5. The molecule has 1 aliphatic heterocycles. The van der Waals surface area contributed by atoms with Gasteiger partial charge in [0, 0.05) is 12.1 Å². The lowest BCUT2D eigenvalue weighted by atomic mass is 9.83. The summed E-state index contributed by atoms with van der Waals surface area (Å²) in [6.45, 7) is 5.38. The summed E-state index contributed by atoms with van der Waals surface area (Å²) >= 11 is 0. The zero-order chi connectivity index (χ0) is 24.1. The average molecular weight is 447 g/mol. The van der Waals surface area contributed by atoms with E-state index in [1.165, 1.54) is 6.92 Å². The first kappa shape index (κ1) is 23.9. The highest BCUT2D eigenvalue weighted by molar-refractivity contribution is 6.13. The van der Waals surface area contributed by atoms with Crippen LogP contribution in [-0.2, 0) is 9.53 Å². The zero-order valence-corrected chi connectivity index (χ0v) is 18.9. The quantitative estimate of drug-likeness (QED) is 0.302. The molecule has 0 unspecified atom stereocenters. The van der Waals surface area contributed by atoms with Crippen molar-refractivity contribution < 1.29 is 24.2 Å². The number of ether oxygens (including phenoxy) is 1. The summed E-state index contributed by atoms with van der Waals surface area (Å²) < 4.78 is 5.26. The van der Waals surface area contributed by atoms with E-state index in [0.717, 1.165) is 16.0 Å². The minimum atomic E-state index is -1.45. The number of benzene rings is 2. The number of aryl methyl sites for hydroxylation is 2. The van der Waals surface area contributed by atoms with Crippen LogP contribution >= 0.6 is 0 Å². The Morgan fingerprint density at radius 2 is 1.55 bits per heavy atom. The van der Waals surface area contributed by atoms with E-state index < -0.39 is 29.8 Å². The number of amides is 1. The van der Waals surface area contributed by atoms with E-state index in [1.807, 2.05) is 32.0 Å². The molecular weight excluding hydrogens is 420 g/mol. The van der Waals surface area contributed by atoms with Crippen molar-refractivity contribution in [3.05, 3.63) is 81.9 Å². The van der Waals surface area contributed by atoms with Crippen molar-refractivity contribution in [2.24, 2.45) is 5.92 Å². The molecule has 1 aliphatic rings. The first-order chi connectivity index (χ1) is 15.7. The van der Waals surface area contributed by atoms with Crippen LogP contribution in [0.2, 0.25) is 0 Å². The van der Waals surface area contributed by atoms with E-state index in [9.17, 15) is 24.8 Å². The molecule has 1 N–H and O–H groups in total. The van der Waals surface area contributed by atoms with Crippen molar-refractivity contribution in [1.29, 1.82) is 5.26 Å². The van der Waals surface area contributed by atoms with E-state index in [1.54, 1.807) is 36.4 Å². The standard InChI is InChI=1S/C26H26N2O5/c1-16-5-9-19(10-6-16)23(29)22-18(3)21(15-27)24(30)28(25(22)31)13-4-14-33-26(32)20-11-7-17(2)8-12-20/h5-12,22,24,30H,4,13-14H2,1-3H3/t22-,24-/m0/s1. The lowest BCUT2D eigenvalue weighted by Crippen LogP contribution is -2.51. The van der Waals surface area contributed by atoms with E-state index in [0.29, 0.717) is 11.1 Å². The average Bonchev–Trinajstić information content (AvgIpc) is 2.79. The summed E-state index contributed by atoms with van der Waals surface area (Å²) in [6.07, 6.45) is -1.21. The van der Waals surface area contributed by atoms with Gasteiger partial charge in [-0.3, -0.25) is 9.59 Å². The lowest BCUT2D eigenvalue weighted by molar-refractivity contribution is -0.142. The second-order valence-corrected chi connectivity index (χ2v) is 8.13. The fourth-order valence-electron chi connectivity index (χ4n) is 3.73. The topological polar surface area (TPSA) is 108 Å². The summed E-state index contributed by atoms with van der Waals surface area (Å²) in [5.74, 6) is -2.66. The lowest BCUT2D eigenvalue weighted by Gasteiger charge is -2.36. The van der Waals surface area contributed by atoms with Crippen LogP contribution in [0.1, 0.15) is 45.2 Å². The molecule has 170 valence electrons. The van der Waals surface area contributed by atoms with Gasteiger partial charge >= 0.3 is 5.97 Å². The minimum Gasteiger partial charge on any atom is -0.462 e. The highest BCUT2D eigenvalue weighted by Gasteiger charge is 2.42. The number of carbonyl (C=O) groups excluding carboxylic acids is 3. The number of aliphatic hydroxyl groups is 1. The second kappa shape index (κ2) is 10.2. The smallest absolute Gasteiger partial charge is 0.338 e. The fraction of sp³-hybridized carbons (Fsp3) is 0.308. The van der Waals surface area contributed by atoms with Crippen LogP contribution in [0.5, 0.6) is 0 Å². The Kier molecular flexibility index (Phi) is 7.41. The van der Waals surface area contributed by atoms with Crippen molar-refractivity contribution >= 4 is 17.7 Å². The van der Waals surface area contributed by atoms with Crippen molar-refractivity contribution in [2.75, 3.05) is 13.2 Å². The van der Waals surface area contributed by atoms with E-state index in [4.69, 9.17) is 4.74 Å². The van der Waals surface area contributed by atoms with Gasteiger partial charge in [0.1, 0.15) is 5.92 Å². The summed E-state index contributed by atoms with van der Waals surface area (Å²) in [5, 5.41) is 20.1. The Balaban J connectivity index is 1.70. The highest BCUT2D eigenvalue weighted by Crippen LogP contribution is 2.31. The summed E-state index contributed by atoms with van der Waals surface area (Å²) in [4.78, 5) is 39.5. The van der Waals surface area contributed by atoms with Gasteiger partial charge in [0.2, 0.25) is 5.91 Å². The summed E-state index contributed by atoms with van der Waals surface area (Å²) in [7, 11) is 0. The molecule has 7 heteroatoms. The number of Topliss-reactive ketones (excluding diaryl/α,β-unsaturated/α-hetero) is 1. The maximum absolute atomic E-state index is 13.2. The fourth-order valence-corrected chi connectivity index (χ4v) is 3.73. The molecule has 0 saturated heterocycles. The van der Waals surface area contributed by atoms with Crippen molar-refractivity contribution in [1.82, 2.24) is 4.90 Å². The molecule has 0 radical (unpaired) electrons. The highest BCUT2D eigenvalue weighted by atomic mass is 16.5. The third-order valence-electron chi connectivity index (χ3n) is 5.72. The monoisotopic (exact) mass is 446 g/mol. The number of nitriles is 1. The molecule has 0 spiro atoms. The van der Waals surface area contributed by atoms with Crippen LogP contribution in [-0.4, -0.2) is 47.0 Å². The molecule has 0 saturated carbocycles. The van der Waals surface area contributed by atoms with Crippen LogP contribution < -0.4 is 0 Å². The molecule has 2 atom stereocenters. The van der Waals surface area contributed by atoms with Gasteiger partial charge in [0.05, 0.1) is 23.8 Å². The molecule has 1 heterocycles. The SMILES string of the molecule is CC1=C(C#N)[C@H](O)N(CCCOC(=O)c2ccc(C)cc2)C(=O)[C@@H]1C(=O)c1ccc(C)cc1. The predicted molar refractivity (Wildman–Crippen MR) is 121 cm³/mol. The molecule has 1 amide bonds. The Labute approximate surface area is 192 Å². The second-order valence-electron chi connectivity index (χ2n) is 8.13. The molecule has 2 aromatic carbocycles. The summed E-state index contributed by atoms with van der Waals surface area (Å²) in [6, 6.07) is 15.7. The minimum absolute atomic E-state index is 0.0169. The number of nitrogens with zero attached hydrogens (tertiary/aromatic N) is 2. The number of esters is 1. The Morgan fingerprint density at radius 1 is 1.00 bits per heavy atom. The Hall–Kier alpha value is -3.76. The Morgan fingerprint density at radius 3 is 2.09 bits per heavy atom. The van der Waals surface area contributed by atoms with Gasteiger partial charge in [0.15, 0.2) is 12.0 Å². The molecule has 0 fully saturated rings. The first-order valence-electron chi connectivity index (χ1n) is 10.7. The van der Waals surface area contributed by atoms with Gasteiger partial charge in [-0.15, -0.1) is 0 Å². The molecule has 2 aromatic rings. The molecule has 3 rings (SSSR count). The van der Waals surface area contributed by atoms with Gasteiger partial charge in [0.25, 0.3) is 0 Å². The van der Waals surface area contributed by atoms with Crippen LogP contribution in [0.4, 0.5) is 0 Å². The van der Waals surface area contributed by atoms with Crippen LogP contribution in [0.25, 0.3) is 0 Å². The molecule has 0 bridgehead atoms. The summed E-state index contributed by atoms with van der Waals surface area (Å²) in [5.41, 5.74) is 3.02. The van der Waals surface area contributed by atoms with Gasteiger partial charge < -0.3 is 14.7 Å². The maximum atomic E-state index is 13.2. The van der Waals surface area contributed by atoms with Crippen molar-refractivity contribution in [3.8, 4) is 6.07 Å². The maximum Gasteiger partial charge on any atom is 0.338 e. The van der Waals surface area contributed by atoms with Crippen molar-refractivity contribution in [2.45, 2.75) is 33.4 Å². The molecule has 33 heavy (non-hydrogen) atoms. The van der Waals surface area contributed by atoms with Gasteiger partial charge in [-0.25, -0.2) is 4.79 Å². The third kappa shape index (κ3) is 5.18. The number of hydrogen-bond donors (Lipinski definition) is 1. The van der Waals surface area contributed by atoms with E-state index in [-0.39, 0.29) is 30.7 Å². The van der Waals surface area contributed by atoms with E-state index in [2.05, 4.69) is 0 Å². The largest absolute Gasteiger partial charge is 0.462 e. The van der Waals surface area contributed by atoms with Gasteiger partial charge in [-0.1, -0.05) is 47.5 Å². The van der Waals surface area contributed by atoms with Crippen LogP contribution in [0.15, 0.2) is 59.7 Å². The number of ketones is 1. The van der Waals surface area contributed by atoms with Gasteiger partial charge in [-0.2, -0.15) is 5.26 Å². The zero-order valence-electron chi connectivity index (χ0n) is 18.9. The molecule has 0 aromatic heterocycles. The number of hydrogen-bond acceptors (Lipinski definition) is 6. The molecule has 7 nitrogen and oxygen atoms in total.